The van der Waals surface area contributed by atoms with Crippen molar-refractivity contribution in [2.45, 2.75) is 31.8 Å². The lowest BCUT2D eigenvalue weighted by Gasteiger charge is -2.17. The number of rotatable bonds is 2. The highest BCUT2D eigenvalue weighted by Crippen LogP contribution is 2.28. The minimum atomic E-state index is -0.291. The molecule has 2 aromatic rings. The van der Waals surface area contributed by atoms with Crippen LogP contribution in [0.1, 0.15) is 35.6 Å². The summed E-state index contributed by atoms with van der Waals surface area (Å²) in [5, 5.41) is 0. The van der Waals surface area contributed by atoms with E-state index in [2.05, 4.69) is 21.9 Å². The monoisotopic (exact) mass is 245 g/mol. The Labute approximate surface area is 105 Å². The van der Waals surface area contributed by atoms with Gasteiger partial charge in [0.1, 0.15) is 5.82 Å². The van der Waals surface area contributed by atoms with Crippen LogP contribution < -0.4 is 5.73 Å². The van der Waals surface area contributed by atoms with Crippen LogP contribution in [0.15, 0.2) is 30.9 Å². The first-order valence-electron chi connectivity index (χ1n) is 6.26. The van der Waals surface area contributed by atoms with Crippen molar-refractivity contribution in [1.82, 2.24) is 9.55 Å². The molecule has 0 aliphatic heterocycles. The first-order valence-corrected chi connectivity index (χ1v) is 6.26. The Morgan fingerprint density at radius 3 is 3.06 bits per heavy atom. The van der Waals surface area contributed by atoms with Crippen molar-refractivity contribution in [2.24, 2.45) is 5.73 Å². The molecule has 0 fully saturated rings. The summed E-state index contributed by atoms with van der Waals surface area (Å²) < 4.78 is 15.1. The van der Waals surface area contributed by atoms with Crippen LogP contribution in [-0.2, 0) is 13.0 Å². The van der Waals surface area contributed by atoms with E-state index in [1.807, 2.05) is 0 Å². The zero-order valence-corrected chi connectivity index (χ0v) is 10.1. The van der Waals surface area contributed by atoms with Crippen LogP contribution in [0.4, 0.5) is 4.39 Å². The number of hydrogen-bond donors (Lipinski definition) is 1. The van der Waals surface area contributed by atoms with Gasteiger partial charge in [-0.2, -0.15) is 0 Å². The van der Waals surface area contributed by atoms with Gasteiger partial charge in [0.05, 0.1) is 6.20 Å². The predicted molar refractivity (Wildman–Crippen MR) is 67.6 cm³/mol. The van der Waals surface area contributed by atoms with Crippen molar-refractivity contribution in [1.29, 1.82) is 0 Å². The fraction of sp³-hybridized carbons (Fsp3) is 0.357. The Balaban J connectivity index is 1.85. The molecule has 94 valence electrons. The molecule has 4 heteroatoms. The molecule has 18 heavy (non-hydrogen) atoms. The van der Waals surface area contributed by atoms with E-state index in [0.29, 0.717) is 6.54 Å². The summed E-state index contributed by atoms with van der Waals surface area (Å²) in [6.45, 7) is 0.643. The molecule has 0 aromatic carbocycles. The van der Waals surface area contributed by atoms with Crippen LogP contribution in [0, 0.1) is 5.82 Å². The molecule has 1 aliphatic rings. The highest BCUT2D eigenvalue weighted by atomic mass is 19.1. The number of fused-ring (bicyclic) bond motifs is 1. The standard InChI is InChI=1S/C14H16FN3/c15-12-4-10(5-17-6-12)7-18-8-11-2-1-3-14(16)13(11)9-18/h4-6,8-9,14H,1-3,7,16H2. The average molecular weight is 245 g/mol. The number of hydrogen-bond acceptors (Lipinski definition) is 2. The molecular formula is C14H16FN3. The second kappa shape index (κ2) is 4.53. The summed E-state index contributed by atoms with van der Waals surface area (Å²) in [6.07, 6.45) is 10.4. The lowest BCUT2D eigenvalue weighted by atomic mass is 9.92. The molecule has 0 radical (unpaired) electrons. The van der Waals surface area contributed by atoms with E-state index in [4.69, 9.17) is 5.73 Å². The van der Waals surface area contributed by atoms with Gasteiger partial charge in [0.2, 0.25) is 0 Å². The zero-order chi connectivity index (χ0) is 12.5. The summed E-state index contributed by atoms with van der Waals surface area (Å²) in [5.41, 5.74) is 9.54. The van der Waals surface area contributed by atoms with Crippen molar-refractivity contribution in [3.8, 4) is 0 Å². The number of aromatic nitrogens is 2. The van der Waals surface area contributed by atoms with Gasteiger partial charge in [0.15, 0.2) is 0 Å². The molecule has 0 bridgehead atoms. The molecular weight excluding hydrogens is 229 g/mol. The van der Waals surface area contributed by atoms with Crippen molar-refractivity contribution < 1.29 is 4.39 Å². The van der Waals surface area contributed by atoms with Crippen LogP contribution in [0.3, 0.4) is 0 Å². The smallest absolute Gasteiger partial charge is 0.141 e. The molecule has 2 N–H and O–H groups in total. The summed E-state index contributed by atoms with van der Waals surface area (Å²) >= 11 is 0. The molecule has 0 spiro atoms. The summed E-state index contributed by atoms with van der Waals surface area (Å²) in [5.74, 6) is -0.291. The molecule has 0 saturated heterocycles. The van der Waals surface area contributed by atoms with Crippen LogP contribution in [0.25, 0.3) is 0 Å². The lowest BCUT2D eigenvalue weighted by molar-refractivity contribution is 0.573. The number of nitrogens with two attached hydrogens (primary N) is 1. The van der Waals surface area contributed by atoms with Crippen molar-refractivity contribution in [2.75, 3.05) is 0 Å². The normalized spacial score (nSPS) is 18.7. The van der Waals surface area contributed by atoms with Gasteiger partial charge in [-0.25, -0.2) is 4.39 Å². The van der Waals surface area contributed by atoms with Gasteiger partial charge in [-0.3, -0.25) is 4.98 Å². The quantitative estimate of drug-likeness (QED) is 0.883. The highest BCUT2D eigenvalue weighted by molar-refractivity contribution is 5.30. The van der Waals surface area contributed by atoms with Crippen molar-refractivity contribution in [3.63, 3.8) is 0 Å². The second-order valence-electron chi connectivity index (χ2n) is 4.92. The summed E-state index contributed by atoms with van der Waals surface area (Å²) in [4.78, 5) is 3.86. The van der Waals surface area contributed by atoms with Crippen LogP contribution in [0.2, 0.25) is 0 Å². The fourth-order valence-electron chi connectivity index (χ4n) is 2.63. The SMILES string of the molecule is NC1CCCc2cn(Cc3cncc(F)c3)cc21. The van der Waals surface area contributed by atoms with E-state index >= 15 is 0 Å². The molecule has 3 nitrogen and oxygen atoms in total. The molecule has 1 aliphatic carbocycles. The number of nitrogens with zero attached hydrogens (tertiary/aromatic N) is 2. The van der Waals surface area contributed by atoms with Gasteiger partial charge in [-0.15, -0.1) is 0 Å². The summed E-state index contributed by atoms with van der Waals surface area (Å²) in [6, 6.07) is 1.67. The van der Waals surface area contributed by atoms with Crippen molar-refractivity contribution in [3.05, 3.63) is 53.4 Å². The maximum Gasteiger partial charge on any atom is 0.141 e. The number of aryl methyl sites for hydroxylation is 1. The van der Waals surface area contributed by atoms with E-state index in [0.717, 1.165) is 24.8 Å². The first-order chi connectivity index (χ1) is 8.72. The molecule has 3 rings (SSSR count). The Morgan fingerprint density at radius 2 is 2.28 bits per heavy atom. The minimum absolute atomic E-state index is 0.153. The molecule has 1 unspecified atom stereocenters. The van der Waals surface area contributed by atoms with Crippen molar-refractivity contribution >= 4 is 0 Å². The number of halogens is 1. The zero-order valence-electron chi connectivity index (χ0n) is 10.1. The molecule has 2 heterocycles. The molecule has 0 saturated carbocycles. The highest BCUT2D eigenvalue weighted by Gasteiger charge is 2.18. The van der Waals surface area contributed by atoms with Crippen LogP contribution >= 0.6 is 0 Å². The van der Waals surface area contributed by atoms with E-state index < -0.39 is 0 Å². The topological polar surface area (TPSA) is 43.8 Å². The van der Waals surface area contributed by atoms with E-state index in [1.54, 1.807) is 6.20 Å². The minimum Gasteiger partial charge on any atom is -0.349 e. The Morgan fingerprint density at radius 1 is 1.39 bits per heavy atom. The van der Waals surface area contributed by atoms with Crippen LogP contribution in [-0.4, -0.2) is 9.55 Å². The lowest BCUT2D eigenvalue weighted by Crippen LogP contribution is -2.15. The molecule has 2 aromatic heterocycles. The second-order valence-corrected chi connectivity index (χ2v) is 4.92. The van der Waals surface area contributed by atoms with Gasteiger partial charge >= 0.3 is 0 Å². The van der Waals surface area contributed by atoms with Gasteiger partial charge in [0, 0.05) is 31.2 Å². The third-order valence-electron chi connectivity index (χ3n) is 3.48. The third-order valence-corrected chi connectivity index (χ3v) is 3.48. The van der Waals surface area contributed by atoms with Gasteiger partial charge in [0.25, 0.3) is 0 Å². The fourth-order valence-corrected chi connectivity index (χ4v) is 2.63. The van der Waals surface area contributed by atoms with E-state index in [9.17, 15) is 4.39 Å². The Hall–Kier alpha value is -1.68. The van der Waals surface area contributed by atoms with Gasteiger partial charge < -0.3 is 10.3 Å². The maximum absolute atomic E-state index is 13.1. The summed E-state index contributed by atoms with van der Waals surface area (Å²) in [7, 11) is 0. The third kappa shape index (κ3) is 2.16. The average Bonchev–Trinajstić information content (AvgIpc) is 2.73. The van der Waals surface area contributed by atoms with Crippen LogP contribution in [0.5, 0.6) is 0 Å². The predicted octanol–water partition coefficient (Wildman–Crippen LogP) is 2.41. The first kappa shape index (κ1) is 11.4. The van der Waals surface area contributed by atoms with Gasteiger partial charge in [-0.05, 0) is 42.0 Å². The maximum atomic E-state index is 13.1. The number of pyridine rings is 1. The Bertz CT molecular complexity index is 562. The van der Waals surface area contributed by atoms with Gasteiger partial charge in [-0.1, -0.05) is 0 Å². The Kier molecular flexibility index (Phi) is 2.88. The largest absolute Gasteiger partial charge is 0.349 e. The van der Waals surface area contributed by atoms with E-state index in [1.165, 1.54) is 23.4 Å². The molecule has 1 atom stereocenters. The van der Waals surface area contributed by atoms with E-state index in [-0.39, 0.29) is 11.9 Å². The molecule has 0 amide bonds.